The van der Waals surface area contributed by atoms with E-state index in [0.717, 1.165) is 35.8 Å². The monoisotopic (exact) mass is 280 g/mol. The Hall–Kier alpha value is -1.69. The zero-order valence-corrected chi connectivity index (χ0v) is 10.9. The smallest absolute Gasteiger partial charge is 0.368 e. The molecule has 3 rings (SSSR count). The number of hydrogen-bond acceptors (Lipinski definition) is 4. The van der Waals surface area contributed by atoms with Crippen molar-refractivity contribution in [2.24, 2.45) is 0 Å². The molecule has 0 aromatic carbocycles. The van der Waals surface area contributed by atoms with Gasteiger partial charge in [-0.3, -0.25) is 4.90 Å². The number of hydrogen-bond donors (Lipinski definition) is 1. The number of nitrogens with zero attached hydrogens (tertiary/aromatic N) is 3. The van der Waals surface area contributed by atoms with Gasteiger partial charge in [-0.05, 0) is 19.4 Å². The number of rotatable bonds is 1. The first-order chi connectivity index (χ1) is 9.16. The third kappa shape index (κ3) is 2.47. The maximum absolute atomic E-state index is 12.9. The van der Waals surface area contributed by atoms with Crippen LogP contribution >= 0.6 is 0 Å². The van der Waals surface area contributed by atoms with Crippen LogP contribution in [0, 0.1) is 0 Å². The van der Waals surface area contributed by atoms with Gasteiger partial charge < -0.3 is 10.2 Å². The number of pyridine rings is 1. The largest absolute Gasteiger partial charge is 0.405 e. The highest BCUT2D eigenvalue weighted by molar-refractivity contribution is 5.89. The van der Waals surface area contributed by atoms with Crippen molar-refractivity contribution >= 4 is 17.7 Å². The van der Waals surface area contributed by atoms with Crippen molar-refractivity contribution in [2.75, 3.05) is 36.0 Å². The molecule has 0 aliphatic carbocycles. The summed E-state index contributed by atoms with van der Waals surface area (Å²) in [5.74, 6) is 0.483. The van der Waals surface area contributed by atoms with E-state index in [-0.39, 0.29) is 7.43 Å². The maximum Gasteiger partial charge on any atom is 0.405 e. The molecule has 1 aromatic rings. The summed E-state index contributed by atoms with van der Waals surface area (Å²) in [6.45, 7) is 5.30. The molecule has 0 bridgehead atoms. The summed E-state index contributed by atoms with van der Waals surface area (Å²) in [6, 6.07) is 2.39. The lowest BCUT2D eigenvalue weighted by Gasteiger charge is -2.34. The molecule has 1 fully saturated rings. The van der Waals surface area contributed by atoms with Gasteiger partial charge in [0.25, 0.3) is 0 Å². The summed E-state index contributed by atoms with van der Waals surface area (Å²) in [7, 11) is 0. The molecule has 2 aliphatic rings. The second-order valence-electron chi connectivity index (χ2n) is 5.09. The molecule has 0 spiro atoms. The van der Waals surface area contributed by atoms with Crippen molar-refractivity contribution in [1.82, 2.24) is 10.3 Å². The summed E-state index contributed by atoms with van der Waals surface area (Å²) in [4.78, 5) is 18.5. The fourth-order valence-corrected chi connectivity index (χ4v) is 2.89. The topological polar surface area (TPSA) is 48.5 Å². The van der Waals surface area contributed by atoms with Crippen LogP contribution in [0.1, 0.15) is 19.9 Å². The van der Waals surface area contributed by atoms with E-state index < -0.39 is 6.16 Å². The molecule has 1 saturated heterocycles. The molecular weight excluding hydrogens is 259 g/mol. The van der Waals surface area contributed by atoms with Crippen LogP contribution in [0.4, 0.5) is 20.7 Å². The summed E-state index contributed by atoms with van der Waals surface area (Å²) in [5.41, 5.74) is 2.07. The normalized spacial score (nSPS) is 21.4. The van der Waals surface area contributed by atoms with Gasteiger partial charge in [0.2, 0.25) is 0 Å². The van der Waals surface area contributed by atoms with Gasteiger partial charge in [0.1, 0.15) is 5.82 Å². The van der Waals surface area contributed by atoms with Crippen LogP contribution in [0.5, 0.6) is 0 Å². The number of anilines is 2. The highest BCUT2D eigenvalue weighted by atomic mass is 19.1. The standard InChI is InChI=1S/C13H17FN4O.CH4/c1-9-8-17(7-5-15-9)11-2-4-16-12-10(11)3-6-18(12)13(14)19;/h2,4,9,15H,3,5-8H2,1H3;1H4. The molecule has 1 N–H and O–H groups in total. The van der Waals surface area contributed by atoms with Crippen LogP contribution in [-0.2, 0) is 6.42 Å². The molecule has 0 radical (unpaired) electrons. The average molecular weight is 280 g/mol. The fraction of sp³-hybridized carbons (Fsp3) is 0.571. The van der Waals surface area contributed by atoms with Crippen molar-refractivity contribution in [3.05, 3.63) is 17.8 Å². The summed E-state index contributed by atoms with van der Waals surface area (Å²) >= 11 is 0. The number of amides is 1. The minimum atomic E-state index is -1.42. The molecule has 0 saturated carbocycles. The molecule has 1 aromatic heterocycles. The van der Waals surface area contributed by atoms with Crippen molar-refractivity contribution in [3.63, 3.8) is 0 Å². The van der Waals surface area contributed by atoms with Gasteiger partial charge in [-0.2, -0.15) is 0 Å². The van der Waals surface area contributed by atoms with Crippen LogP contribution in [0.2, 0.25) is 0 Å². The summed E-state index contributed by atoms with van der Waals surface area (Å²) in [6.07, 6.45) is 0.909. The zero-order chi connectivity index (χ0) is 13.4. The molecule has 1 unspecified atom stereocenters. The Bertz CT molecular complexity index is 508. The van der Waals surface area contributed by atoms with E-state index in [2.05, 4.69) is 22.1 Å². The van der Waals surface area contributed by atoms with Crippen molar-refractivity contribution in [3.8, 4) is 0 Å². The molecule has 2 aliphatic heterocycles. The lowest BCUT2D eigenvalue weighted by Crippen LogP contribution is -2.49. The van der Waals surface area contributed by atoms with E-state index in [4.69, 9.17) is 0 Å². The second-order valence-corrected chi connectivity index (χ2v) is 5.09. The van der Waals surface area contributed by atoms with E-state index in [1.54, 1.807) is 6.20 Å². The molecular formula is C14H21FN4O. The number of fused-ring (bicyclic) bond motifs is 1. The minimum Gasteiger partial charge on any atom is -0.368 e. The first-order valence-electron chi connectivity index (χ1n) is 6.60. The van der Waals surface area contributed by atoms with E-state index in [1.165, 1.54) is 0 Å². The quantitative estimate of drug-likeness (QED) is 0.631. The third-order valence-corrected chi connectivity index (χ3v) is 3.77. The van der Waals surface area contributed by atoms with Crippen LogP contribution in [0.25, 0.3) is 0 Å². The van der Waals surface area contributed by atoms with Gasteiger partial charge in [0, 0.05) is 49.7 Å². The molecule has 20 heavy (non-hydrogen) atoms. The lowest BCUT2D eigenvalue weighted by molar-refractivity contribution is 0.228. The van der Waals surface area contributed by atoms with Crippen LogP contribution in [0.3, 0.4) is 0 Å². The molecule has 1 atom stereocenters. The second kappa shape index (κ2) is 5.75. The number of halogens is 1. The average Bonchev–Trinajstić information content (AvgIpc) is 2.82. The Kier molecular flexibility index (Phi) is 4.23. The van der Waals surface area contributed by atoms with Gasteiger partial charge in [-0.15, -0.1) is 4.39 Å². The first kappa shape index (κ1) is 14.7. The Morgan fingerprint density at radius 3 is 3.00 bits per heavy atom. The predicted molar refractivity (Wildman–Crippen MR) is 78.2 cm³/mol. The molecule has 5 nitrogen and oxygen atoms in total. The van der Waals surface area contributed by atoms with Gasteiger partial charge in [-0.25, -0.2) is 9.78 Å². The van der Waals surface area contributed by atoms with E-state index >= 15 is 0 Å². The van der Waals surface area contributed by atoms with Crippen molar-refractivity contribution in [2.45, 2.75) is 26.8 Å². The molecule has 110 valence electrons. The van der Waals surface area contributed by atoms with E-state index in [9.17, 15) is 9.18 Å². The van der Waals surface area contributed by atoms with Gasteiger partial charge in [-0.1, -0.05) is 7.43 Å². The highest BCUT2D eigenvalue weighted by Gasteiger charge is 2.30. The fourth-order valence-electron chi connectivity index (χ4n) is 2.89. The van der Waals surface area contributed by atoms with Crippen LogP contribution in [0.15, 0.2) is 12.3 Å². The third-order valence-electron chi connectivity index (χ3n) is 3.77. The maximum atomic E-state index is 12.9. The molecule has 3 heterocycles. The summed E-state index contributed by atoms with van der Waals surface area (Å²) < 4.78 is 12.9. The molecule has 1 amide bonds. The molecule has 6 heteroatoms. The predicted octanol–water partition coefficient (Wildman–Crippen LogP) is 1.97. The SMILES string of the molecule is C.CC1CN(c2ccnc3c2CCN3C(=O)F)CCN1. The van der Waals surface area contributed by atoms with E-state index in [0.29, 0.717) is 24.8 Å². The van der Waals surface area contributed by atoms with Gasteiger partial charge >= 0.3 is 6.16 Å². The minimum absolute atomic E-state index is 0. The van der Waals surface area contributed by atoms with Crippen LogP contribution in [-0.4, -0.2) is 43.4 Å². The number of nitrogens with one attached hydrogen (secondary N) is 1. The van der Waals surface area contributed by atoms with Crippen molar-refractivity contribution < 1.29 is 9.18 Å². The van der Waals surface area contributed by atoms with Crippen LogP contribution < -0.4 is 15.1 Å². The van der Waals surface area contributed by atoms with Crippen molar-refractivity contribution in [1.29, 1.82) is 0 Å². The number of piperazine rings is 1. The number of carbonyl (C=O) groups excluding carboxylic acids is 1. The van der Waals surface area contributed by atoms with Gasteiger partial charge in [0.15, 0.2) is 0 Å². The highest BCUT2D eigenvalue weighted by Crippen LogP contribution is 2.34. The Balaban J connectivity index is 0.00000147. The van der Waals surface area contributed by atoms with Gasteiger partial charge in [0.05, 0.1) is 0 Å². The Labute approximate surface area is 118 Å². The zero-order valence-electron chi connectivity index (χ0n) is 10.9. The lowest BCUT2D eigenvalue weighted by atomic mass is 10.1. The Morgan fingerprint density at radius 1 is 1.50 bits per heavy atom. The first-order valence-corrected chi connectivity index (χ1v) is 6.60. The number of aromatic nitrogens is 1. The van der Waals surface area contributed by atoms with E-state index in [1.807, 2.05) is 6.07 Å². The number of carbonyl (C=O) groups is 1. The summed E-state index contributed by atoms with van der Waals surface area (Å²) in [5, 5.41) is 3.39. The Morgan fingerprint density at radius 2 is 2.30 bits per heavy atom.